The number of fused-ring (bicyclic) bond motifs is 1. The number of benzene rings is 1. The Bertz CT molecular complexity index is 314. The molecule has 0 atom stereocenters. The Morgan fingerprint density at radius 2 is 2.29 bits per heavy atom. The molecule has 2 rings (SSSR count). The van der Waals surface area contributed by atoms with Crippen molar-refractivity contribution in [1.29, 1.82) is 0 Å². The summed E-state index contributed by atoms with van der Waals surface area (Å²) >= 11 is 0. The van der Waals surface area contributed by atoms with Crippen molar-refractivity contribution in [3.8, 4) is 0 Å². The van der Waals surface area contributed by atoms with Crippen LogP contribution in [-0.2, 0) is 19.4 Å². The van der Waals surface area contributed by atoms with Gasteiger partial charge in [-0.25, -0.2) is 0 Å². The molecule has 14 heavy (non-hydrogen) atoms. The summed E-state index contributed by atoms with van der Waals surface area (Å²) in [6, 6.07) is 4.62. The van der Waals surface area contributed by atoms with Crippen molar-refractivity contribution in [2.45, 2.75) is 26.3 Å². The Morgan fingerprint density at radius 3 is 3.00 bits per heavy atom. The molecule has 1 aliphatic rings. The molecule has 0 saturated heterocycles. The summed E-state index contributed by atoms with van der Waals surface area (Å²) in [4.78, 5) is 0. The van der Waals surface area contributed by atoms with E-state index in [1.54, 1.807) is 0 Å². The molecule has 2 heteroatoms. The highest BCUT2D eigenvalue weighted by Crippen LogP contribution is 2.25. The van der Waals surface area contributed by atoms with Gasteiger partial charge in [-0.1, -0.05) is 13.0 Å². The molecule has 0 radical (unpaired) electrons. The molecule has 2 nitrogen and oxygen atoms in total. The Morgan fingerprint density at radius 1 is 1.43 bits per heavy atom. The van der Waals surface area contributed by atoms with Gasteiger partial charge in [-0.2, -0.15) is 0 Å². The summed E-state index contributed by atoms with van der Waals surface area (Å²) in [6.07, 6.45) is 2.26. The number of nitrogens with one attached hydrogen (secondary N) is 2. The highest BCUT2D eigenvalue weighted by molar-refractivity contribution is 5.57. The third-order valence-electron chi connectivity index (χ3n) is 2.95. The molecule has 0 aromatic heterocycles. The van der Waals surface area contributed by atoms with E-state index in [1.165, 1.54) is 22.4 Å². The van der Waals surface area contributed by atoms with Crippen LogP contribution in [0.15, 0.2) is 12.1 Å². The van der Waals surface area contributed by atoms with E-state index in [9.17, 15) is 0 Å². The number of anilines is 1. The van der Waals surface area contributed by atoms with Crippen LogP contribution in [0.4, 0.5) is 5.69 Å². The second kappa shape index (κ2) is 4.01. The Labute approximate surface area is 85.7 Å². The van der Waals surface area contributed by atoms with Crippen molar-refractivity contribution in [2.24, 2.45) is 0 Å². The third kappa shape index (κ3) is 1.62. The number of aryl methyl sites for hydroxylation is 1. The quantitative estimate of drug-likeness (QED) is 0.744. The minimum atomic E-state index is 1.03. The maximum absolute atomic E-state index is 3.42. The average molecular weight is 190 g/mol. The maximum Gasteiger partial charge on any atom is 0.0376 e. The average Bonchev–Trinajstić information content (AvgIpc) is 2.27. The molecule has 76 valence electrons. The fourth-order valence-corrected chi connectivity index (χ4v) is 2.11. The predicted molar refractivity (Wildman–Crippen MR) is 60.8 cm³/mol. The molecule has 2 N–H and O–H groups in total. The Balaban J connectivity index is 2.47. The largest absolute Gasteiger partial charge is 0.388 e. The molecule has 1 aliphatic heterocycles. The van der Waals surface area contributed by atoms with Crippen LogP contribution < -0.4 is 10.6 Å². The zero-order valence-electron chi connectivity index (χ0n) is 8.98. The molecule has 1 aromatic rings. The first-order valence-electron chi connectivity index (χ1n) is 5.38. The Kier molecular flexibility index (Phi) is 2.73. The summed E-state index contributed by atoms with van der Waals surface area (Å²) in [5.74, 6) is 0. The van der Waals surface area contributed by atoms with Gasteiger partial charge in [0.05, 0.1) is 0 Å². The first kappa shape index (κ1) is 9.53. The molecular formula is C12H18N2. The standard InChI is InChI=1S/C12H18N2/c1-3-9-6-10-8-14-5-4-11(10)12(7-9)13-2/h6-7,13-14H,3-5,8H2,1-2H3. The highest BCUT2D eigenvalue weighted by atomic mass is 14.9. The zero-order chi connectivity index (χ0) is 9.97. The third-order valence-corrected chi connectivity index (χ3v) is 2.95. The summed E-state index contributed by atoms with van der Waals surface area (Å²) in [5, 5.41) is 6.72. The lowest BCUT2D eigenvalue weighted by molar-refractivity contribution is 0.644. The van der Waals surface area contributed by atoms with Gasteiger partial charge in [-0.15, -0.1) is 0 Å². The summed E-state index contributed by atoms with van der Waals surface area (Å²) in [7, 11) is 2.01. The summed E-state index contributed by atoms with van der Waals surface area (Å²) in [6.45, 7) is 4.34. The second-order valence-corrected chi connectivity index (χ2v) is 3.81. The van der Waals surface area contributed by atoms with E-state index in [0.717, 1.165) is 25.9 Å². The lowest BCUT2D eigenvalue weighted by Crippen LogP contribution is -2.24. The molecule has 0 bridgehead atoms. The van der Waals surface area contributed by atoms with Gasteiger partial charge in [0.1, 0.15) is 0 Å². The molecule has 0 amide bonds. The fourth-order valence-electron chi connectivity index (χ4n) is 2.11. The number of hydrogen-bond acceptors (Lipinski definition) is 2. The molecule has 0 saturated carbocycles. The van der Waals surface area contributed by atoms with Crippen molar-refractivity contribution in [1.82, 2.24) is 5.32 Å². The van der Waals surface area contributed by atoms with Gasteiger partial charge < -0.3 is 10.6 Å². The fraction of sp³-hybridized carbons (Fsp3) is 0.500. The second-order valence-electron chi connectivity index (χ2n) is 3.81. The molecule has 0 aliphatic carbocycles. The first-order valence-corrected chi connectivity index (χ1v) is 5.38. The first-order chi connectivity index (χ1) is 6.85. The van der Waals surface area contributed by atoms with Crippen LogP contribution in [0.3, 0.4) is 0 Å². The van der Waals surface area contributed by atoms with Crippen molar-refractivity contribution in [3.63, 3.8) is 0 Å². The van der Waals surface area contributed by atoms with Crippen LogP contribution >= 0.6 is 0 Å². The molecule has 0 spiro atoms. The van der Waals surface area contributed by atoms with Crippen LogP contribution in [0.25, 0.3) is 0 Å². The molecule has 1 aromatic carbocycles. The normalized spacial score (nSPS) is 15.0. The Hall–Kier alpha value is -1.02. The SMILES string of the molecule is CCc1cc2c(c(NC)c1)CCNC2. The van der Waals surface area contributed by atoms with Crippen molar-refractivity contribution in [3.05, 3.63) is 28.8 Å². The van der Waals surface area contributed by atoms with Crippen molar-refractivity contribution >= 4 is 5.69 Å². The van der Waals surface area contributed by atoms with Gasteiger partial charge in [-0.05, 0) is 42.1 Å². The monoisotopic (exact) mass is 190 g/mol. The smallest absolute Gasteiger partial charge is 0.0376 e. The van der Waals surface area contributed by atoms with Gasteiger partial charge in [0, 0.05) is 19.3 Å². The lowest BCUT2D eigenvalue weighted by atomic mass is 9.95. The van der Waals surface area contributed by atoms with E-state index in [0.29, 0.717) is 0 Å². The van der Waals surface area contributed by atoms with E-state index < -0.39 is 0 Å². The van der Waals surface area contributed by atoms with E-state index >= 15 is 0 Å². The van der Waals surface area contributed by atoms with Crippen LogP contribution in [0, 0.1) is 0 Å². The van der Waals surface area contributed by atoms with E-state index in [2.05, 4.69) is 29.7 Å². The highest BCUT2D eigenvalue weighted by Gasteiger charge is 2.12. The maximum atomic E-state index is 3.42. The van der Waals surface area contributed by atoms with E-state index in [1.807, 2.05) is 7.05 Å². The zero-order valence-corrected chi connectivity index (χ0v) is 8.98. The van der Waals surface area contributed by atoms with E-state index in [-0.39, 0.29) is 0 Å². The lowest BCUT2D eigenvalue weighted by Gasteiger charge is -2.21. The molecule has 0 unspecified atom stereocenters. The van der Waals surface area contributed by atoms with E-state index in [4.69, 9.17) is 0 Å². The number of rotatable bonds is 2. The van der Waals surface area contributed by atoms with Gasteiger partial charge in [0.2, 0.25) is 0 Å². The van der Waals surface area contributed by atoms with Gasteiger partial charge in [0.15, 0.2) is 0 Å². The van der Waals surface area contributed by atoms with Crippen molar-refractivity contribution < 1.29 is 0 Å². The molecule has 0 fully saturated rings. The minimum absolute atomic E-state index is 1.03. The van der Waals surface area contributed by atoms with Crippen LogP contribution in [0.1, 0.15) is 23.6 Å². The van der Waals surface area contributed by atoms with Crippen LogP contribution in [0.5, 0.6) is 0 Å². The topological polar surface area (TPSA) is 24.1 Å². The van der Waals surface area contributed by atoms with Crippen molar-refractivity contribution in [2.75, 3.05) is 18.9 Å². The van der Waals surface area contributed by atoms with Gasteiger partial charge in [-0.3, -0.25) is 0 Å². The minimum Gasteiger partial charge on any atom is -0.388 e. The summed E-state index contributed by atoms with van der Waals surface area (Å²) in [5.41, 5.74) is 5.72. The van der Waals surface area contributed by atoms with Gasteiger partial charge in [0.25, 0.3) is 0 Å². The molecular weight excluding hydrogens is 172 g/mol. The van der Waals surface area contributed by atoms with Gasteiger partial charge >= 0.3 is 0 Å². The predicted octanol–water partition coefficient (Wildman–Crippen LogP) is 1.94. The summed E-state index contributed by atoms with van der Waals surface area (Å²) < 4.78 is 0. The van der Waals surface area contributed by atoms with Crippen LogP contribution in [0.2, 0.25) is 0 Å². The number of hydrogen-bond donors (Lipinski definition) is 2. The van der Waals surface area contributed by atoms with Crippen LogP contribution in [-0.4, -0.2) is 13.6 Å². The molecule has 1 heterocycles.